The highest BCUT2D eigenvalue weighted by Crippen LogP contribution is 2.25. The second-order valence-corrected chi connectivity index (χ2v) is 5.39. The van der Waals surface area contributed by atoms with E-state index in [1.807, 2.05) is 12.1 Å². The van der Waals surface area contributed by atoms with Crippen LogP contribution in [0.4, 0.5) is 0 Å². The minimum absolute atomic E-state index is 0.100. The fraction of sp³-hybridized carbons (Fsp3) is 0.235. The van der Waals surface area contributed by atoms with Gasteiger partial charge in [-0.15, -0.1) is 0 Å². The van der Waals surface area contributed by atoms with E-state index in [1.54, 1.807) is 0 Å². The average molecular weight is 283 g/mol. The van der Waals surface area contributed by atoms with Gasteiger partial charge in [-0.3, -0.25) is 4.79 Å². The molecule has 2 aromatic carbocycles. The molecule has 0 spiro atoms. The van der Waals surface area contributed by atoms with Crippen molar-refractivity contribution in [3.05, 3.63) is 59.2 Å². The summed E-state index contributed by atoms with van der Waals surface area (Å²) in [6.07, 6.45) is 2.70. The van der Waals surface area contributed by atoms with E-state index in [4.69, 9.17) is 0 Å². The van der Waals surface area contributed by atoms with E-state index in [2.05, 4.69) is 17.4 Å². The minimum atomic E-state index is -0.281. The van der Waals surface area contributed by atoms with Crippen LogP contribution in [0.5, 0.6) is 11.5 Å². The molecule has 2 aromatic rings. The van der Waals surface area contributed by atoms with Gasteiger partial charge in [0.25, 0.3) is 5.91 Å². The summed E-state index contributed by atoms with van der Waals surface area (Å²) in [6, 6.07) is 12.5. The van der Waals surface area contributed by atoms with E-state index in [0.29, 0.717) is 5.56 Å². The van der Waals surface area contributed by atoms with Gasteiger partial charge in [-0.25, -0.2) is 0 Å². The molecule has 4 nitrogen and oxygen atoms in total. The van der Waals surface area contributed by atoms with E-state index in [9.17, 15) is 15.0 Å². The molecule has 1 atom stereocenters. The molecule has 0 saturated carbocycles. The quantitative estimate of drug-likeness (QED) is 0.741. The van der Waals surface area contributed by atoms with Crippen LogP contribution in [-0.2, 0) is 12.8 Å². The summed E-state index contributed by atoms with van der Waals surface area (Å²) < 4.78 is 0. The zero-order chi connectivity index (χ0) is 14.8. The fourth-order valence-electron chi connectivity index (χ4n) is 2.75. The summed E-state index contributed by atoms with van der Waals surface area (Å²) in [6.45, 7) is 0. The van der Waals surface area contributed by atoms with Gasteiger partial charge in [0.1, 0.15) is 0 Å². The van der Waals surface area contributed by atoms with Gasteiger partial charge in [0.15, 0.2) is 11.5 Å². The summed E-state index contributed by atoms with van der Waals surface area (Å²) in [7, 11) is 0. The highest BCUT2D eigenvalue weighted by atomic mass is 16.3. The number of aryl methyl sites for hydroxylation is 1. The first kappa shape index (κ1) is 13.5. The van der Waals surface area contributed by atoms with Gasteiger partial charge in [-0.1, -0.05) is 24.3 Å². The number of hydrogen-bond donors (Lipinski definition) is 3. The summed E-state index contributed by atoms with van der Waals surface area (Å²) >= 11 is 0. The third-order valence-electron chi connectivity index (χ3n) is 3.92. The summed E-state index contributed by atoms with van der Waals surface area (Å²) in [5.74, 6) is -0.732. The van der Waals surface area contributed by atoms with Gasteiger partial charge < -0.3 is 15.5 Å². The molecule has 0 saturated heterocycles. The molecule has 0 fully saturated rings. The molecule has 0 heterocycles. The van der Waals surface area contributed by atoms with Crippen molar-refractivity contribution >= 4 is 5.91 Å². The predicted octanol–water partition coefficient (Wildman–Crippen LogP) is 2.39. The highest BCUT2D eigenvalue weighted by Gasteiger charge is 2.20. The smallest absolute Gasteiger partial charge is 0.251 e. The first-order valence-corrected chi connectivity index (χ1v) is 7.03. The Kier molecular flexibility index (Phi) is 3.52. The van der Waals surface area contributed by atoms with Gasteiger partial charge in [0, 0.05) is 11.6 Å². The lowest BCUT2D eigenvalue weighted by Crippen LogP contribution is -2.38. The summed E-state index contributed by atoms with van der Waals surface area (Å²) in [4.78, 5) is 12.2. The molecule has 0 aromatic heterocycles. The zero-order valence-electron chi connectivity index (χ0n) is 11.5. The topological polar surface area (TPSA) is 69.6 Å². The van der Waals surface area contributed by atoms with Gasteiger partial charge in [-0.2, -0.15) is 0 Å². The largest absolute Gasteiger partial charge is 0.504 e. The molecule has 108 valence electrons. The first-order chi connectivity index (χ1) is 10.1. The van der Waals surface area contributed by atoms with Crippen molar-refractivity contribution in [1.29, 1.82) is 0 Å². The SMILES string of the molecule is O=C(NC1CCc2ccccc2C1)c1ccc(O)c(O)c1. The summed E-state index contributed by atoms with van der Waals surface area (Å²) in [5.41, 5.74) is 2.98. The second-order valence-electron chi connectivity index (χ2n) is 5.39. The molecule has 21 heavy (non-hydrogen) atoms. The van der Waals surface area contributed by atoms with Crippen LogP contribution < -0.4 is 5.32 Å². The van der Waals surface area contributed by atoms with Crippen LogP contribution in [0.3, 0.4) is 0 Å². The molecule has 1 unspecified atom stereocenters. The Hall–Kier alpha value is -2.49. The lowest BCUT2D eigenvalue weighted by atomic mass is 9.88. The predicted molar refractivity (Wildman–Crippen MR) is 79.5 cm³/mol. The molecule has 1 amide bonds. The first-order valence-electron chi connectivity index (χ1n) is 7.03. The number of nitrogens with one attached hydrogen (secondary N) is 1. The Bertz CT molecular complexity index is 681. The minimum Gasteiger partial charge on any atom is -0.504 e. The number of carbonyl (C=O) groups is 1. The molecule has 3 N–H and O–H groups in total. The number of benzene rings is 2. The van der Waals surface area contributed by atoms with E-state index in [1.165, 1.54) is 29.3 Å². The number of carbonyl (C=O) groups excluding carboxylic acids is 1. The van der Waals surface area contributed by atoms with E-state index < -0.39 is 0 Å². The van der Waals surface area contributed by atoms with E-state index in [-0.39, 0.29) is 23.4 Å². The lowest BCUT2D eigenvalue weighted by Gasteiger charge is -2.25. The number of fused-ring (bicyclic) bond motifs is 1. The van der Waals surface area contributed by atoms with Gasteiger partial charge in [-0.05, 0) is 48.6 Å². The van der Waals surface area contributed by atoms with Crippen LogP contribution in [0.2, 0.25) is 0 Å². The number of rotatable bonds is 2. The third-order valence-corrected chi connectivity index (χ3v) is 3.92. The van der Waals surface area contributed by atoms with E-state index in [0.717, 1.165) is 19.3 Å². The number of hydrogen-bond acceptors (Lipinski definition) is 3. The third kappa shape index (κ3) is 2.84. The van der Waals surface area contributed by atoms with Crippen LogP contribution in [0, 0.1) is 0 Å². The molecule has 0 bridgehead atoms. The molecule has 3 rings (SSSR count). The van der Waals surface area contributed by atoms with Gasteiger partial charge in [0.2, 0.25) is 0 Å². The Morgan fingerprint density at radius 1 is 1.05 bits per heavy atom. The average Bonchev–Trinajstić information content (AvgIpc) is 2.50. The molecule has 0 aliphatic heterocycles. The van der Waals surface area contributed by atoms with Crippen LogP contribution >= 0.6 is 0 Å². The van der Waals surface area contributed by atoms with Crippen molar-refractivity contribution in [2.24, 2.45) is 0 Å². The molecule has 1 aliphatic rings. The van der Waals surface area contributed by atoms with Gasteiger partial charge >= 0.3 is 0 Å². The Balaban J connectivity index is 1.70. The Morgan fingerprint density at radius 3 is 2.57 bits per heavy atom. The molecule has 4 heteroatoms. The van der Waals surface area contributed by atoms with Crippen LogP contribution in [0.1, 0.15) is 27.9 Å². The molecule has 0 radical (unpaired) electrons. The maximum absolute atomic E-state index is 12.2. The molecular weight excluding hydrogens is 266 g/mol. The fourth-order valence-corrected chi connectivity index (χ4v) is 2.75. The van der Waals surface area contributed by atoms with Crippen LogP contribution in [0.15, 0.2) is 42.5 Å². The van der Waals surface area contributed by atoms with Crippen molar-refractivity contribution in [1.82, 2.24) is 5.32 Å². The molecule has 1 aliphatic carbocycles. The number of phenols is 2. The second kappa shape index (κ2) is 5.48. The zero-order valence-corrected chi connectivity index (χ0v) is 11.5. The summed E-state index contributed by atoms with van der Waals surface area (Å²) in [5, 5.41) is 21.7. The van der Waals surface area contributed by atoms with Gasteiger partial charge in [0.05, 0.1) is 0 Å². The standard InChI is InChI=1S/C17H17NO3/c19-15-8-6-13(10-16(15)20)17(21)18-14-7-5-11-3-1-2-4-12(11)9-14/h1-4,6,8,10,14,19-20H,5,7,9H2,(H,18,21). The Labute approximate surface area is 123 Å². The van der Waals surface area contributed by atoms with Crippen molar-refractivity contribution in [3.8, 4) is 11.5 Å². The monoisotopic (exact) mass is 283 g/mol. The Morgan fingerprint density at radius 2 is 1.81 bits per heavy atom. The highest BCUT2D eigenvalue weighted by molar-refractivity contribution is 5.95. The number of phenolic OH excluding ortho intramolecular Hbond substituents is 2. The van der Waals surface area contributed by atoms with E-state index >= 15 is 0 Å². The number of aromatic hydroxyl groups is 2. The lowest BCUT2D eigenvalue weighted by molar-refractivity contribution is 0.0933. The normalized spacial score (nSPS) is 17.0. The maximum atomic E-state index is 12.2. The van der Waals surface area contributed by atoms with Crippen molar-refractivity contribution in [2.75, 3.05) is 0 Å². The van der Waals surface area contributed by atoms with Crippen LogP contribution in [0.25, 0.3) is 0 Å². The van der Waals surface area contributed by atoms with Crippen molar-refractivity contribution < 1.29 is 15.0 Å². The van der Waals surface area contributed by atoms with Crippen molar-refractivity contribution in [3.63, 3.8) is 0 Å². The maximum Gasteiger partial charge on any atom is 0.251 e. The van der Waals surface area contributed by atoms with Crippen molar-refractivity contribution in [2.45, 2.75) is 25.3 Å². The number of amides is 1. The van der Waals surface area contributed by atoms with Crippen LogP contribution in [-0.4, -0.2) is 22.2 Å². The molecular formula is C17H17NO3.